The minimum atomic E-state index is 0.609. The van der Waals surface area contributed by atoms with Crippen molar-refractivity contribution in [3.63, 3.8) is 0 Å². The maximum atomic E-state index is 4.22. The number of benzene rings is 1. The quantitative estimate of drug-likeness (QED) is 0.843. The third kappa shape index (κ3) is 1.67. The van der Waals surface area contributed by atoms with Crippen molar-refractivity contribution in [3.8, 4) is 11.4 Å². The zero-order valence-electron chi connectivity index (χ0n) is 9.02. The van der Waals surface area contributed by atoms with Crippen molar-refractivity contribution in [2.75, 3.05) is 0 Å². The molecule has 0 N–H and O–H groups in total. The van der Waals surface area contributed by atoms with Crippen molar-refractivity contribution >= 4 is 15.9 Å². The molecule has 1 aromatic heterocycles. The number of hydrogen-bond donors (Lipinski definition) is 0. The van der Waals surface area contributed by atoms with Crippen molar-refractivity contribution in [2.45, 2.75) is 25.8 Å². The summed E-state index contributed by atoms with van der Waals surface area (Å²) in [4.78, 5) is 0. The highest BCUT2D eigenvalue weighted by atomic mass is 79.9. The predicted molar refractivity (Wildman–Crippen MR) is 66.2 cm³/mol. The lowest BCUT2D eigenvalue weighted by Crippen LogP contribution is -1.96. The van der Waals surface area contributed by atoms with E-state index < -0.39 is 0 Å². The summed E-state index contributed by atoms with van der Waals surface area (Å²) in [5.74, 6) is 0.967. The van der Waals surface area contributed by atoms with Gasteiger partial charge in [-0.05, 0) is 37.5 Å². The molecule has 4 heteroatoms. The molecule has 3 nitrogen and oxygen atoms in total. The Morgan fingerprint density at radius 2 is 2.19 bits per heavy atom. The molecular weight excluding hydrogens is 266 g/mol. The Labute approximate surface area is 103 Å². The summed E-state index contributed by atoms with van der Waals surface area (Å²) in [6, 6.07) is 6.92. The molecule has 1 heterocycles. The molecule has 82 valence electrons. The van der Waals surface area contributed by atoms with Crippen LogP contribution in [-0.4, -0.2) is 14.8 Å². The van der Waals surface area contributed by atoms with E-state index in [2.05, 4.69) is 55.8 Å². The Morgan fingerprint density at radius 1 is 1.38 bits per heavy atom. The van der Waals surface area contributed by atoms with Gasteiger partial charge in [0.05, 0.1) is 0 Å². The number of aryl methyl sites for hydroxylation is 1. The lowest BCUT2D eigenvalue weighted by atomic mass is 10.1. The van der Waals surface area contributed by atoms with E-state index in [1.165, 1.54) is 18.4 Å². The van der Waals surface area contributed by atoms with E-state index in [1.807, 2.05) is 6.33 Å². The second-order valence-electron chi connectivity index (χ2n) is 4.28. The van der Waals surface area contributed by atoms with Crippen LogP contribution < -0.4 is 0 Å². The molecule has 0 atom stereocenters. The molecule has 3 rings (SSSR count). The first kappa shape index (κ1) is 10.0. The predicted octanol–water partition coefficient (Wildman–Crippen LogP) is 3.35. The zero-order valence-corrected chi connectivity index (χ0v) is 10.6. The van der Waals surface area contributed by atoms with Gasteiger partial charge in [0, 0.05) is 16.1 Å². The van der Waals surface area contributed by atoms with Crippen LogP contribution in [0.4, 0.5) is 0 Å². The Bertz CT molecular complexity index is 529. The summed E-state index contributed by atoms with van der Waals surface area (Å²) >= 11 is 3.59. The molecule has 1 aromatic carbocycles. The van der Waals surface area contributed by atoms with Gasteiger partial charge >= 0.3 is 0 Å². The standard InChI is InChI=1S/C12H12BrN3/c1-8-2-5-10(11(13)6-8)12-15-14-7-16(12)9-3-4-9/h2,5-7,9H,3-4H2,1H3. The Morgan fingerprint density at radius 3 is 2.88 bits per heavy atom. The van der Waals surface area contributed by atoms with Crippen molar-refractivity contribution < 1.29 is 0 Å². The van der Waals surface area contributed by atoms with Crippen LogP contribution in [0.3, 0.4) is 0 Å². The van der Waals surface area contributed by atoms with E-state index >= 15 is 0 Å². The number of rotatable bonds is 2. The monoisotopic (exact) mass is 277 g/mol. The van der Waals surface area contributed by atoms with Crippen molar-refractivity contribution in [2.24, 2.45) is 0 Å². The molecule has 1 aliphatic carbocycles. The van der Waals surface area contributed by atoms with E-state index in [0.717, 1.165) is 15.9 Å². The zero-order chi connectivity index (χ0) is 11.1. The lowest BCUT2D eigenvalue weighted by molar-refractivity contribution is 0.746. The normalized spacial score (nSPS) is 15.4. The highest BCUT2D eigenvalue weighted by molar-refractivity contribution is 9.10. The van der Waals surface area contributed by atoms with Gasteiger partial charge in [0.15, 0.2) is 5.82 Å². The van der Waals surface area contributed by atoms with Crippen LogP contribution >= 0.6 is 15.9 Å². The number of halogens is 1. The molecule has 0 aliphatic heterocycles. The molecule has 1 fully saturated rings. The number of aromatic nitrogens is 3. The van der Waals surface area contributed by atoms with Crippen LogP contribution in [0.25, 0.3) is 11.4 Å². The van der Waals surface area contributed by atoms with Gasteiger partial charge in [-0.15, -0.1) is 10.2 Å². The van der Waals surface area contributed by atoms with Gasteiger partial charge in [-0.3, -0.25) is 0 Å². The van der Waals surface area contributed by atoms with E-state index in [4.69, 9.17) is 0 Å². The topological polar surface area (TPSA) is 30.7 Å². The minimum Gasteiger partial charge on any atom is -0.310 e. The first-order valence-electron chi connectivity index (χ1n) is 5.42. The summed E-state index contributed by atoms with van der Waals surface area (Å²) in [6.07, 6.45) is 4.32. The van der Waals surface area contributed by atoms with Crippen LogP contribution in [0.5, 0.6) is 0 Å². The SMILES string of the molecule is Cc1ccc(-c2nncn2C2CC2)c(Br)c1. The Kier molecular flexibility index (Phi) is 2.32. The van der Waals surface area contributed by atoms with Gasteiger partial charge < -0.3 is 4.57 Å². The van der Waals surface area contributed by atoms with Crippen LogP contribution in [0.1, 0.15) is 24.4 Å². The van der Waals surface area contributed by atoms with E-state index in [-0.39, 0.29) is 0 Å². The summed E-state index contributed by atoms with van der Waals surface area (Å²) in [6.45, 7) is 2.08. The molecule has 1 saturated carbocycles. The second kappa shape index (κ2) is 3.70. The molecule has 0 unspecified atom stereocenters. The summed E-state index contributed by atoms with van der Waals surface area (Å²) in [5.41, 5.74) is 2.36. The van der Waals surface area contributed by atoms with Gasteiger partial charge in [-0.25, -0.2) is 0 Å². The smallest absolute Gasteiger partial charge is 0.165 e. The molecule has 2 aromatic rings. The molecule has 0 bridgehead atoms. The van der Waals surface area contributed by atoms with Gasteiger partial charge in [0.2, 0.25) is 0 Å². The van der Waals surface area contributed by atoms with Crippen molar-refractivity contribution in [1.29, 1.82) is 0 Å². The highest BCUT2D eigenvalue weighted by Crippen LogP contribution is 2.38. The number of nitrogens with zero attached hydrogens (tertiary/aromatic N) is 3. The largest absolute Gasteiger partial charge is 0.310 e. The molecule has 0 amide bonds. The van der Waals surface area contributed by atoms with Gasteiger partial charge in [0.1, 0.15) is 6.33 Å². The molecular formula is C12H12BrN3. The van der Waals surface area contributed by atoms with Gasteiger partial charge in [-0.1, -0.05) is 22.0 Å². The Balaban J connectivity index is 2.10. The fraction of sp³-hybridized carbons (Fsp3) is 0.333. The second-order valence-corrected chi connectivity index (χ2v) is 5.13. The van der Waals surface area contributed by atoms with Crippen LogP contribution in [-0.2, 0) is 0 Å². The van der Waals surface area contributed by atoms with Gasteiger partial charge in [-0.2, -0.15) is 0 Å². The van der Waals surface area contributed by atoms with Gasteiger partial charge in [0.25, 0.3) is 0 Å². The molecule has 0 spiro atoms. The summed E-state index contributed by atoms with van der Waals surface area (Å²) < 4.78 is 3.26. The third-order valence-corrected chi connectivity index (χ3v) is 3.53. The average molecular weight is 278 g/mol. The van der Waals surface area contributed by atoms with Crippen LogP contribution in [0, 0.1) is 6.92 Å². The Hall–Kier alpha value is -1.16. The van der Waals surface area contributed by atoms with E-state index in [0.29, 0.717) is 6.04 Å². The summed E-state index contributed by atoms with van der Waals surface area (Å²) in [7, 11) is 0. The highest BCUT2D eigenvalue weighted by Gasteiger charge is 2.26. The fourth-order valence-electron chi connectivity index (χ4n) is 1.86. The van der Waals surface area contributed by atoms with E-state index in [9.17, 15) is 0 Å². The van der Waals surface area contributed by atoms with Crippen molar-refractivity contribution in [3.05, 3.63) is 34.6 Å². The first-order valence-corrected chi connectivity index (χ1v) is 6.21. The summed E-state index contributed by atoms with van der Waals surface area (Å²) in [5, 5.41) is 8.24. The first-order chi connectivity index (χ1) is 7.75. The maximum Gasteiger partial charge on any atom is 0.165 e. The third-order valence-electron chi connectivity index (χ3n) is 2.88. The molecule has 16 heavy (non-hydrogen) atoms. The molecule has 0 radical (unpaired) electrons. The maximum absolute atomic E-state index is 4.22. The van der Waals surface area contributed by atoms with Crippen LogP contribution in [0.15, 0.2) is 29.0 Å². The lowest BCUT2D eigenvalue weighted by Gasteiger charge is -2.07. The van der Waals surface area contributed by atoms with E-state index in [1.54, 1.807) is 0 Å². The van der Waals surface area contributed by atoms with Crippen LogP contribution in [0.2, 0.25) is 0 Å². The number of hydrogen-bond acceptors (Lipinski definition) is 2. The minimum absolute atomic E-state index is 0.609. The van der Waals surface area contributed by atoms with Crippen molar-refractivity contribution in [1.82, 2.24) is 14.8 Å². The molecule has 0 saturated heterocycles. The molecule has 1 aliphatic rings. The fourth-order valence-corrected chi connectivity index (χ4v) is 2.53. The average Bonchev–Trinajstić information content (AvgIpc) is 2.98.